The van der Waals surface area contributed by atoms with Crippen LogP contribution in [0.1, 0.15) is 39.3 Å². The zero-order valence-electron chi connectivity index (χ0n) is 18.6. The zero-order valence-corrected chi connectivity index (χ0v) is 19.5. The van der Waals surface area contributed by atoms with E-state index in [0.717, 1.165) is 19.3 Å². The Balaban J connectivity index is 1.77. The Morgan fingerprint density at radius 2 is 2.09 bits per heavy atom. The number of phosphoric acid groups is 1. The van der Waals surface area contributed by atoms with Crippen molar-refractivity contribution in [2.45, 2.75) is 63.7 Å². The molecule has 190 valence electrons. The number of carbonyl (C=O) groups excluding carboxylic acids is 1. The molecular formula is C18H29N6O9P. The number of nitrogens with one attached hydrogen (secondary N) is 3. The van der Waals surface area contributed by atoms with Gasteiger partial charge in [0, 0.05) is 6.54 Å². The van der Waals surface area contributed by atoms with E-state index in [0.29, 0.717) is 6.54 Å². The molecule has 1 amide bonds. The van der Waals surface area contributed by atoms with Crippen LogP contribution in [0.5, 0.6) is 0 Å². The number of aromatic amines is 1. The summed E-state index contributed by atoms with van der Waals surface area (Å²) in [5.74, 6) is -0.303. The maximum Gasteiger partial charge on any atom is 0.469 e. The Bertz CT molecular complexity index is 1100. The average molecular weight is 504 g/mol. The van der Waals surface area contributed by atoms with Crippen LogP contribution in [0.2, 0.25) is 0 Å². The van der Waals surface area contributed by atoms with E-state index in [4.69, 9.17) is 14.5 Å². The van der Waals surface area contributed by atoms with Crippen molar-refractivity contribution in [2.24, 2.45) is 0 Å². The number of nitrogens with zero attached hydrogens (tertiary/aromatic N) is 3. The maximum atomic E-state index is 12.5. The molecule has 0 saturated carbocycles. The number of imidazole rings is 1. The standard InChI is InChI=1S/C18H29N6O9P/c1-3-4-5-6-19-15(27)9(2)21-18-22-14-11(16(28)23-18)20-8-24(14)17-13(26)12(25)10(33-17)7-32-34(29,30)31/h8-10,12-13,17,25-26H,3-7H2,1-2H3,(H,19,27)(H2,29,30,31)(H2,21,22,23,28)/t9-,10-,12-,13-,17-/m1/s1. The highest BCUT2D eigenvalue weighted by Gasteiger charge is 2.45. The van der Waals surface area contributed by atoms with E-state index in [1.807, 2.05) is 0 Å². The van der Waals surface area contributed by atoms with E-state index in [1.54, 1.807) is 6.92 Å². The van der Waals surface area contributed by atoms with Gasteiger partial charge >= 0.3 is 7.82 Å². The molecule has 34 heavy (non-hydrogen) atoms. The Kier molecular flexibility index (Phi) is 8.41. The van der Waals surface area contributed by atoms with Crippen molar-refractivity contribution >= 4 is 30.8 Å². The van der Waals surface area contributed by atoms with E-state index in [9.17, 15) is 24.4 Å². The minimum absolute atomic E-state index is 0.00499. The van der Waals surface area contributed by atoms with Gasteiger partial charge < -0.3 is 35.4 Å². The third-order valence-electron chi connectivity index (χ3n) is 5.28. The van der Waals surface area contributed by atoms with Gasteiger partial charge in [0.2, 0.25) is 11.9 Å². The van der Waals surface area contributed by atoms with Gasteiger partial charge in [-0.25, -0.2) is 9.55 Å². The first-order valence-corrected chi connectivity index (χ1v) is 12.3. The monoisotopic (exact) mass is 504 g/mol. The summed E-state index contributed by atoms with van der Waals surface area (Å²) in [7, 11) is -4.82. The van der Waals surface area contributed by atoms with Gasteiger partial charge in [0.1, 0.15) is 24.4 Å². The van der Waals surface area contributed by atoms with E-state index >= 15 is 0 Å². The molecule has 3 rings (SSSR count). The molecule has 1 saturated heterocycles. The van der Waals surface area contributed by atoms with Crippen LogP contribution in [-0.4, -0.2) is 82.9 Å². The van der Waals surface area contributed by atoms with Gasteiger partial charge in [-0.15, -0.1) is 0 Å². The minimum Gasteiger partial charge on any atom is -0.387 e. The van der Waals surface area contributed by atoms with Gasteiger partial charge in [-0.05, 0) is 13.3 Å². The number of hydrogen-bond acceptors (Lipinski definition) is 10. The van der Waals surface area contributed by atoms with E-state index in [-0.39, 0.29) is 23.0 Å². The molecule has 16 heteroatoms. The van der Waals surface area contributed by atoms with Crippen LogP contribution in [0.25, 0.3) is 11.2 Å². The second-order valence-corrected chi connectivity index (χ2v) is 9.17. The molecule has 0 aliphatic carbocycles. The largest absolute Gasteiger partial charge is 0.469 e. The van der Waals surface area contributed by atoms with Crippen LogP contribution in [0, 0.1) is 0 Å². The topological polar surface area (TPSA) is 221 Å². The number of H-pyrrole nitrogens is 1. The van der Waals surface area contributed by atoms with Crippen molar-refractivity contribution in [2.75, 3.05) is 18.5 Å². The summed E-state index contributed by atoms with van der Waals surface area (Å²) < 4.78 is 22.0. The van der Waals surface area contributed by atoms with Crippen molar-refractivity contribution < 1.29 is 38.6 Å². The van der Waals surface area contributed by atoms with Crippen molar-refractivity contribution in [1.82, 2.24) is 24.8 Å². The second-order valence-electron chi connectivity index (χ2n) is 7.94. The predicted octanol–water partition coefficient (Wildman–Crippen LogP) is -1.05. The van der Waals surface area contributed by atoms with Gasteiger partial charge in [0.25, 0.3) is 5.56 Å². The molecule has 7 N–H and O–H groups in total. The lowest BCUT2D eigenvalue weighted by Gasteiger charge is -2.17. The van der Waals surface area contributed by atoms with Crippen LogP contribution in [-0.2, 0) is 18.6 Å². The summed E-state index contributed by atoms with van der Waals surface area (Å²) in [5, 5.41) is 26.2. The molecule has 0 bridgehead atoms. The Hall–Kier alpha value is -2.39. The van der Waals surface area contributed by atoms with E-state index < -0.39 is 50.6 Å². The molecule has 15 nitrogen and oxygen atoms in total. The Labute approximate surface area is 193 Å². The Morgan fingerprint density at radius 1 is 1.35 bits per heavy atom. The van der Waals surface area contributed by atoms with Crippen molar-refractivity contribution in [3.05, 3.63) is 16.7 Å². The highest BCUT2D eigenvalue weighted by molar-refractivity contribution is 7.46. The molecule has 0 aromatic carbocycles. The summed E-state index contributed by atoms with van der Waals surface area (Å²) >= 11 is 0. The van der Waals surface area contributed by atoms with Crippen LogP contribution in [0.4, 0.5) is 5.95 Å². The smallest absolute Gasteiger partial charge is 0.387 e. The number of rotatable bonds is 11. The maximum absolute atomic E-state index is 12.5. The first kappa shape index (κ1) is 26.2. The number of aromatic nitrogens is 4. The number of ether oxygens (including phenoxy) is 1. The number of aliphatic hydroxyl groups is 2. The van der Waals surface area contributed by atoms with Crippen LogP contribution in [0.15, 0.2) is 11.1 Å². The normalized spacial score (nSPS) is 23.8. The number of fused-ring (bicyclic) bond motifs is 1. The lowest BCUT2D eigenvalue weighted by atomic mass is 10.1. The van der Waals surface area contributed by atoms with Crippen LogP contribution in [0.3, 0.4) is 0 Å². The lowest BCUT2D eigenvalue weighted by Crippen LogP contribution is -2.38. The number of carbonyl (C=O) groups is 1. The van der Waals surface area contributed by atoms with Gasteiger partial charge in [-0.3, -0.25) is 23.7 Å². The third-order valence-corrected chi connectivity index (χ3v) is 5.76. The molecule has 5 atom stereocenters. The summed E-state index contributed by atoms with van der Waals surface area (Å²) in [5.41, 5.74) is -0.701. The van der Waals surface area contributed by atoms with E-state index in [1.165, 1.54) is 10.9 Å². The highest BCUT2D eigenvalue weighted by Crippen LogP contribution is 2.38. The molecule has 3 heterocycles. The molecule has 1 aliphatic rings. The quantitative estimate of drug-likeness (QED) is 0.144. The number of aliphatic hydroxyl groups excluding tert-OH is 2. The fourth-order valence-corrected chi connectivity index (χ4v) is 3.80. The minimum atomic E-state index is -4.82. The first-order valence-electron chi connectivity index (χ1n) is 10.7. The van der Waals surface area contributed by atoms with Crippen molar-refractivity contribution in [3.8, 4) is 0 Å². The number of phosphoric ester groups is 1. The molecule has 0 unspecified atom stereocenters. The summed E-state index contributed by atoms with van der Waals surface area (Å²) in [6.45, 7) is 3.50. The van der Waals surface area contributed by atoms with Gasteiger partial charge in [-0.1, -0.05) is 19.8 Å². The molecule has 1 aliphatic heterocycles. The number of anilines is 1. The molecular weight excluding hydrogens is 475 g/mol. The predicted molar refractivity (Wildman–Crippen MR) is 118 cm³/mol. The lowest BCUT2D eigenvalue weighted by molar-refractivity contribution is -0.121. The molecule has 0 radical (unpaired) electrons. The zero-order chi connectivity index (χ0) is 25.0. The fourth-order valence-electron chi connectivity index (χ4n) is 3.46. The van der Waals surface area contributed by atoms with Crippen molar-refractivity contribution in [3.63, 3.8) is 0 Å². The highest BCUT2D eigenvalue weighted by atomic mass is 31.2. The Morgan fingerprint density at radius 3 is 2.76 bits per heavy atom. The van der Waals surface area contributed by atoms with Crippen molar-refractivity contribution in [1.29, 1.82) is 0 Å². The van der Waals surface area contributed by atoms with Gasteiger partial charge in [-0.2, -0.15) is 4.98 Å². The van der Waals surface area contributed by atoms with E-state index in [2.05, 4.69) is 37.0 Å². The molecule has 0 spiro atoms. The number of hydrogen-bond donors (Lipinski definition) is 7. The third kappa shape index (κ3) is 6.18. The number of amides is 1. The average Bonchev–Trinajstić information content (AvgIpc) is 3.30. The first-order chi connectivity index (χ1) is 16.0. The van der Waals surface area contributed by atoms with Gasteiger partial charge in [0.05, 0.1) is 12.9 Å². The van der Waals surface area contributed by atoms with Gasteiger partial charge in [0.15, 0.2) is 17.4 Å². The second kappa shape index (κ2) is 10.9. The SMILES string of the molecule is CCCCCNC(=O)[C@@H](C)Nc1nc2c(ncn2[C@@H]2O[C@H](COP(=O)(O)O)[C@@H](O)[C@H]2O)c(=O)[nH]1. The molecule has 1 fully saturated rings. The van der Waals surface area contributed by atoms with Crippen LogP contribution < -0.4 is 16.2 Å². The summed E-state index contributed by atoms with van der Waals surface area (Å²) in [6.07, 6.45) is -1.56. The summed E-state index contributed by atoms with van der Waals surface area (Å²) in [4.78, 5) is 53.2. The fraction of sp³-hybridized carbons (Fsp3) is 0.667. The summed E-state index contributed by atoms with van der Waals surface area (Å²) in [6, 6.07) is -0.720. The number of unbranched alkanes of at least 4 members (excludes halogenated alkanes) is 2. The molecule has 2 aromatic heterocycles. The van der Waals surface area contributed by atoms with Crippen LogP contribution >= 0.6 is 7.82 Å². The molecule has 2 aromatic rings.